The van der Waals surface area contributed by atoms with Gasteiger partial charge in [-0.3, -0.25) is 0 Å². The van der Waals surface area contributed by atoms with Crippen LogP contribution in [0.4, 0.5) is 11.4 Å². The molecule has 173 valence electrons. The Morgan fingerprint density at radius 1 is 0.562 bits per heavy atom. The van der Waals surface area contributed by atoms with Gasteiger partial charge in [0.2, 0.25) is 0 Å². The molecule has 1 radical (unpaired) electrons. The van der Waals surface area contributed by atoms with Gasteiger partial charge in [-0.05, 0) is 70.2 Å². The topological polar surface area (TPSA) is 30.3 Å². The smallest absolute Gasteiger partial charge is 0.512 e. The van der Waals surface area contributed by atoms with Gasteiger partial charge in [0.1, 0.15) is 0 Å². The van der Waals surface area contributed by atoms with Crippen LogP contribution >= 0.6 is 0 Å². The molecule has 0 saturated heterocycles. The third-order valence-corrected chi connectivity index (χ3v) is 5.82. The van der Waals surface area contributed by atoms with Gasteiger partial charge in [-0.2, -0.15) is 0 Å². The standard InChI is InChI=1S/C26H36BN2.CN.Cu/c1-17(2)21-11-22(18(3)4)14-25(13-21)28-9-10-29(27-28)26-15-23(19(5)6)12-24(16-26)20(7)8;1-2;/h9-20H,1-8H3;;/q;-1;+1. The second-order valence-electron chi connectivity index (χ2n) is 9.56. The van der Waals surface area contributed by atoms with Gasteiger partial charge in [-0.25, -0.2) is 0 Å². The molecule has 32 heavy (non-hydrogen) atoms. The van der Waals surface area contributed by atoms with Crippen LogP contribution in [0.2, 0.25) is 0 Å². The van der Waals surface area contributed by atoms with Crippen molar-refractivity contribution >= 4 is 18.9 Å². The van der Waals surface area contributed by atoms with Crippen LogP contribution in [0.3, 0.4) is 0 Å². The molecule has 5 heteroatoms. The van der Waals surface area contributed by atoms with Crippen LogP contribution in [0.5, 0.6) is 0 Å². The van der Waals surface area contributed by atoms with Gasteiger partial charge in [0.05, 0.1) is 0 Å². The molecule has 0 N–H and O–H groups in total. The SMILES string of the molecule is CC(C)c1cc(C(C)C)cc(N2[B]N(c3cc(C(C)C)cc(C(C)C)c3)C=C2)c1.[C-]#N.[Cu+]. The van der Waals surface area contributed by atoms with Gasteiger partial charge in [-0.15, -0.1) is 0 Å². The predicted molar refractivity (Wildman–Crippen MR) is 134 cm³/mol. The summed E-state index contributed by atoms with van der Waals surface area (Å²) in [5, 5.41) is 6.25. The van der Waals surface area contributed by atoms with Crippen molar-refractivity contribution in [1.82, 2.24) is 0 Å². The maximum absolute atomic E-state index is 6.25. The second kappa shape index (κ2) is 12.2. The zero-order chi connectivity index (χ0) is 23.3. The van der Waals surface area contributed by atoms with Crippen LogP contribution in [0, 0.1) is 11.8 Å². The van der Waals surface area contributed by atoms with Crippen molar-refractivity contribution in [3.05, 3.63) is 77.6 Å². The van der Waals surface area contributed by atoms with Crippen LogP contribution < -0.4 is 9.62 Å². The Kier molecular flexibility index (Phi) is 10.6. The van der Waals surface area contributed by atoms with Crippen molar-refractivity contribution in [2.24, 2.45) is 0 Å². The van der Waals surface area contributed by atoms with Crippen molar-refractivity contribution in [3.8, 4) is 0 Å². The minimum absolute atomic E-state index is 0. The quantitative estimate of drug-likeness (QED) is 0.317. The number of rotatable bonds is 6. The van der Waals surface area contributed by atoms with E-state index in [1.165, 1.54) is 33.6 Å². The van der Waals surface area contributed by atoms with E-state index >= 15 is 0 Å². The molecule has 0 saturated carbocycles. The monoisotopic (exact) mass is 476 g/mol. The number of nitrogens with zero attached hydrogens (tertiary/aromatic N) is 3. The molecule has 3 nitrogen and oxygen atoms in total. The van der Waals surface area contributed by atoms with Gasteiger partial charge in [0.25, 0.3) is 0 Å². The van der Waals surface area contributed by atoms with Gasteiger partial charge in [0.15, 0.2) is 0 Å². The fraction of sp³-hybridized carbons (Fsp3) is 0.444. The average molecular weight is 477 g/mol. The molecular weight excluding hydrogens is 441 g/mol. The summed E-state index contributed by atoms with van der Waals surface area (Å²) in [6, 6.07) is 14.0. The van der Waals surface area contributed by atoms with Gasteiger partial charge >= 0.3 is 24.6 Å². The third-order valence-electron chi connectivity index (χ3n) is 5.82. The summed E-state index contributed by atoms with van der Waals surface area (Å²) in [7, 11) is 2.20. The van der Waals surface area contributed by atoms with E-state index in [2.05, 4.69) is 121 Å². The van der Waals surface area contributed by atoms with E-state index in [1.807, 2.05) is 0 Å². The summed E-state index contributed by atoms with van der Waals surface area (Å²) >= 11 is 0. The van der Waals surface area contributed by atoms with E-state index in [0.717, 1.165) is 0 Å². The zero-order valence-corrected chi connectivity index (χ0v) is 21.6. The van der Waals surface area contributed by atoms with Crippen molar-refractivity contribution in [2.45, 2.75) is 79.1 Å². The van der Waals surface area contributed by atoms with Crippen molar-refractivity contribution < 1.29 is 17.1 Å². The van der Waals surface area contributed by atoms with E-state index in [1.54, 1.807) is 0 Å². The molecule has 1 aliphatic rings. The summed E-state index contributed by atoms with van der Waals surface area (Å²) in [6.07, 6.45) is 4.33. The number of anilines is 2. The summed E-state index contributed by atoms with van der Waals surface area (Å²) in [5.74, 6) is 2.08. The van der Waals surface area contributed by atoms with Gasteiger partial charge < -0.3 is 21.5 Å². The Labute approximate surface area is 207 Å². The van der Waals surface area contributed by atoms with Crippen LogP contribution in [-0.2, 0) is 17.1 Å². The zero-order valence-electron chi connectivity index (χ0n) is 20.6. The summed E-state index contributed by atoms with van der Waals surface area (Å²) < 4.78 is 0. The molecule has 0 aromatic heterocycles. The molecular formula is C27H36BCuN3. The van der Waals surface area contributed by atoms with E-state index in [0.29, 0.717) is 23.7 Å². The first-order valence-electron chi connectivity index (χ1n) is 11.3. The van der Waals surface area contributed by atoms with Crippen LogP contribution in [0.1, 0.15) is 101 Å². The minimum atomic E-state index is 0. The molecule has 0 amide bonds. The van der Waals surface area contributed by atoms with Crippen molar-refractivity contribution in [3.63, 3.8) is 0 Å². The first-order chi connectivity index (χ1) is 14.7. The third kappa shape index (κ3) is 6.68. The Morgan fingerprint density at radius 2 is 0.812 bits per heavy atom. The summed E-state index contributed by atoms with van der Waals surface area (Å²) in [5.41, 5.74) is 8.07. The fourth-order valence-corrected chi connectivity index (χ4v) is 3.61. The van der Waals surface area contributed by atoms with E-state index in [9.17, 15) is 0 Å². The van der Waals surface area contributed by atoms with E-state index in [4.69, 9.17) is 11.8 Å². The first kappa shape index (κ1) is 27.9. The Morgan fingerprint density at radius 3 is 1.03 bits per heavy atom. The molecule has 0 unspecified atom stereocenters. The molecule has 0 spiro atoms. The Balaban J connectivity index is 0.00000166. The van der Waals surface area contributed by atoms with Gasteiger partial charge in [0, 0.05) is 23.8 Å². The first-order valence-corrected chi connectivity index (χ1v) is 11.3. The molecule has 2 aromatic carbocycles. The van der Waals surface area contributed by atoms with Crippen LogP contribution in [-0.4, -0.2) is 7.55 Å². The summed E-state index contributed by atoms with van der Waals surface area (Å²) in [6.45, 7) is 22.9. The van der Waals surface area contributed by atoms with E-state index in [-0.39, 0.29) is 17.1 Å². The minimum Gasteiger partial charge on any atom is -0.512 e. The molecule has 0 bridgehead atoms. The predicted octanol–water partition coefficient (Wildman–Crippen LogP) is 7.61. The molecule has 0 atom stereocenters. The largest absolute Gasteiger partial charge is 1.00 e. The maximum Gasteiger partial charge on any atom is 1.00 e. The van der Waals surface area contributed by atoms with Gasteiger partial charge in [-0.1, -0.05) is 67.5 Å². The molecule has 3 rings (SSSR count). The molecule has 1 heterocycles. The Hall–Kier alpha value is -2.15. The van der Waals surface area contributed by atoms with Crippen molar-refractivity contribution in [1.29, 1.82) is 5.26 Å². The average Bonchev–Trinajstić information content (AvgIpc) is 3.24. The van der Waals surface area contributed by atoms with Crippen LogP contribution in [0.15, 0.2) is 48.8 Å². The van der Waals surface area contributed by atoms with Crippen molar-refractivity contribution in [2.75, 3.05) is 9.62 Å². The number of benzene rings is 2. The number of hydrogen-bond acceptors (Lipinski definition) is 3. The molecule has 1 aliphatic heterocycles. The molecule has 0 fully saturated rings. The van der Waals surface area contributed by atoms with Crippen LogP contribution in [0.25, 0.3) is 0 Å². The second-order valence-corrected chi connectivity index (χ2v) is 9.56. The molecule has 0 aliphatic carbocycles. The number of hydrogen-bond donors (Lipinski definition) is 0. The van der Waals surface area contributed by atoms with E-state index < -0.39 is 0 Å². The fourth-order valence-electron chi connectivity index (χ4n) is 3.61. The molecule has 2 aromatic rings. The maximum atomic E-state index is 6.25. The Bertz CT molecular complexity index is 808. The summed E-state index contributed by atoms with van der Waals surface area (Å²) in [4.78, 5) is 4.49. The normalized spacial score (nSPS) is 12.8.